The Hall–Kier alpha value is -2.89. The van der Waals surface area contributed by atoms with Crippen molar-refractivity contribution < 1.29 is 31.1 Å². The smallest absolute Gasteiger partial charge is 0.274 e. The van der Waals surface area contributed by atoms with E-state index in [9.17, 15) is 31.1 Å². The Morgan fingerprint density at radius 3 is 2.25 bits per heavy atom. The molecule has 2 heterocycles. The third kappa shape index (κ3) is 4.50. The highest BCUT2D eigenvalue weighted by atomic mass is 19.4. The van der Waals surface area contributed by atoms with Gasteiger partial charge in [-0.3, -0.25) is 9.80 Å². The number of nitrogens with one attached hydrogen (secondary N) is 1. The number of nitrogens with zero attached hydrogens (tertiary/aromatic N) is 4. The molecular formula is C16H13F6N5O. The predicted molar refractivity (Wildman–Crippen MR) is 85.1 cm³/mol. The number of hydrazine groups is 1. The van der Waals surface area contributed by atoms with E-state index in [4.69, 9.17) is 0 Å². The highest BCUT2D eigenvalue weighted by Gasteiger charge is 2.37. The molecule has 12 heteroatoms. The van der Waals surface area contributed by atoms with Crippen molar-refractivity contribution in [2.75, 3.05) is 13.1 Å². The maximum absolute atomic E-state index is 12.9. The average molecular weight is 405 g/mol. The van der Waals surface area contributed by atoms with Crippen LogP contribution in [-0.4, -0.2) is 38.8 Å². The third-order valence-electron chi connectivity index (χ3n) is 3.85. The fraction of sp³-hybridized carbons (Fsp3) is 0.312. The van der Waals surface area contributed by atoms with Gasteiger partial charge < -0.3 is 0 Å². The highest BCUT2D eigenvalue weighted by Crippen LogP contribution is 2.37. The minimum Gasteiger partial charge on any atom is -0.274 e. The molecule has 0 saturated carbocycles. The molecule has 1 aliphatic heterocycles. The molecule has 0 spiro atoms. The molecule has 1 amide bonds. The number of hydrogen-bond acceptors (Lipinski definition) is 4. The molecule has 3 rings (SSSR count). The predicted octanol–water partition coefficient (Wildman–Crippen LogP) is 3.19. The van der Waals surface area contributed by atoms with Gasteiger partial charge in [0.15, 0.2) is 5.82 Å². The van der Waals surface area contributed by atoms with Gasteiger partial charge in [-0.15, -0.1) is 5.10 Å². The van der Waals surface area contributed by atoms with Crippen molar-refractivity contribution in [3.8, 4) is 11.4 Å². The number of rotatable bonds is 3. The number of amides is 1. The van der Waals surface area contributed by atoms with Crippen LogP contribution in [0.2, 0.25) is 0 Å². The number of alkyl halides is 6. The number of hydrogen-bond donors (Lipinski definition) is 1. The molecule has 0 unspecified atom stereocenters. The first-order chi connectivity index (χ1) is 13.0. The van der Waals surface area contributed by atoms with Crippen LogP contribution in [0.1, 0.15) is 17.5 Å². The van der Waals surface area contributed by atoms with E-state index < -0.39 is 29.0 Å². The molecule has 1 N–H and O–H groups in total. The lowest BCUT2D eigenvalue weighted by Crippen LogP contribution is -2.35. The minimum absolute atomic E-state index is 0.0299. The zero-order chi connectivity index (χ0) is 20.5. The summed E-state index contributed by atoms with van der Waals surface area (Å²) in [6.45, 7) is 1.18. The summed E-state index contributed by atoms with van der Waals surface area (Å²) in [5.41, 5.74) is -0.522. The third-order valence-corrected chi connectivity index (χ3v) is 3.85. The maximum Gasteiger partial charge on any atom is 0.416 e. The zero-order valence-corrected chi connectivity index (χ0v) is 14.1. The summed E-state index contributed by atoms with van der Waals surface area (Å²) in [5, 5.41) is 5.19. The van der Waals surface area contributed by atoms with Gasteiger partial charge in [0.25, 0.3) is 5.91 Å². The van der Waals surface area contributed by atoms with E-state index in [0.717, 1.165) is 23.5 Å². The molecule has 0 radical (unpaired) electrons. The molecule has 2 aromatic rings. The van der Waals surface area contributed by atoms with E-state index in [1.807, 2.05) is 0 Å². The molecule has 28 heavy (non-hydrogen) atoms. The van der Waals surface area contributed by atoms with Crippen molar-refractivity contribution >= 4 is 12.1 Å². The monoisotopic (exact) mass is 405 g/mol. The Balaban J connectivity index is 1.88. The van der Waals surface area contributed by atoms with Gasteiger partial charge in [-0.1, -0.05) is 0 Å². The van der Waals surface area contributed by atoms with Crippen LogP contribution in [0.15, 0.2) is 30.6 Å². The molecule has 1 aliphatic rings. The summed E-state index contributed by atoms with van der Waals surface area (Å²) < 4.78 is 78.7. The minimum atomic E-state index is -4.96. The number of aromatic nitrogens is 3. The van der Waals surface area contributed by atoms with Gasteiger partial charge in [0.2, 0.25) is 0 Å². The molecular weight excluding hydrogens is 392 g/mol. The van der Waals surface area contributed by atoms with E-state index >= 15 is 0 Å². The van der Waals surface area contributed by atoms with Crippen molar-refractivity contribution in [2.24, 2.45) is 0 Å². The Labute approximate surface area is 154 Å². The average Bonchev–Trinajstić information content (AvgIpc) is 3.29. The summed E-state index contributed by atoms with van der Waals surface area (Å²) in [4.78, 5) is 15.6. The SMILES string of the molecule is O=C(/C=C\n1cnc(-c2cc(C(F)(F)F)cc(C(F)(F)F)c2)n1)N1CCCN1. The topological polar surface area (TPSA) is 63.1 Å². The van der Waals surface area contributed by atoms with Crippen molar-refractivity contribution in [1.82, 2.24) is 25.2 Å². The van der Waals surface area contributed by atoms with Gasteiger partial charge in [0, 0.05) is 30.9 Å². The van der Waals surface area contributed by atoms with Gasteiger partial charge in [-0.2, -0.15) is 26.3 Å². The molecule has 1 fully saturated rings. The van der Waals surface area contributed by atoms with Crippen LogP contribution in [0.5, 0.6) is 0 Å². The number of benzene rings is 1. The summed E-state index contributed by atoms with van der Waals surface area (Å²) in [7, 11) is 0. The molecule has 0 atom stereocenters. The number of carbonyl (C=O) groups excluding carboxylic acids is 1. The molecule has 0 bridgehead atoms. The first kappa shape index (κ1) is 19.9. The lowest BCUT2D eigenvalue weighted by Gasteiger charge is -2.13. The van der Waals surface area contributed by atoms with E-state index in [1.54, 1.807) is 0 Å². The Bertz CT molecular complexity index is 863. The van der Waals surface area contributed by atoms with Crippen LogP contribution in [0, 0.1) is 0 Å². The summed E-state index contributed by atoms with van der Waals surface area (Å²) in [6.07, 6.45) is -5.70. The Morgan fingerprint density at radius 1 is 1.07 bits per heavy atom. The van der Waals surface area contributed by atoms with Crippen LogP contribution in [0.4, 0.5) is 26.3 Å². The normalized spacial score (nSPS) is 15.6. The second-order valence-electron chi connectivity index (χ2n) is 5.91. The summed E-state index contributed by atoms with van der Waals surface area (Å²) in [5.74, 6) is -0.707. The number of carbonyl (C=O) groups is 1. The van der Waals surface area contributed by atoms with Crippen LogP contribution in [0.25, 0.3) is 17.6 Å². The van der Waals surface area contributed by atoms with Crippen molar-refractivity contribution in [2.45, 2.75) is 18.8 Å². The van der Waals surface area contributed by atoms with E-state index in [0.29, 0.717) is 25.2 Å². The lowest BCUT2D eigenvalue weighted by molar-refractivity contribution is -0.143. The Morgan fingerprint density at radius 2 is 1.71 bits per heavy atom. The number of halogens is 6. The standard InChI is InChI=1S/C16H13F6N5O/c17-15(18,19)11-6-10(7-12(8-11)16(20,21)22)14-23-9-26(25-14)5-2-13(28)27-4-1-3-24-27/h2,5-9,24H,1,3-4H2/b5-2-. The zero-order valence-electron chi connectivity index (χ0n) is 14.1. The highest BCUT2D eigenvalue weighted by molar-refractivity contribution is 5.89. The van der Waals surface area contributed by atoms with Gasteiger partial charge in [-0.05, 0) is 24.6 Å². The van der Waals surface area contributed by atoms with E-state index in [-0.39, 0.29) is 17.8 Å². The van der Waals surface area contributed by atoms with E-state index in [1.165, 1.54) is 11.2 Å². The maximum atomic E-state index is 12.9. The van der Waals surface area contributed by atoms with Crippen molar-refractivity contribution in [3.63, 3.8) is 0 Å². The molecule has 1 aromatic carbocycles. The second-order valence-corrected chi connectivity index (χ2v) is 5.91. The van der Waals surface area contributed by atoms with Gasteiger partial charge in [-0.25, -0.2) is 15.1 Å². The first-order valence-corrected chi connectivity index (χ1v) is 7.98. The summed E-state index contributed by atoms with van der Waals surface area (Å²) >= 11 is 0. The first-order valence-electron chi connectivity index (χ1n) is 7.98. The van der Waals surface area contributed by atoms with Gasteiger partial charge >= 0.3 is 12.4 Å². The van der Waals surface area contributed by atoms with Crippen molar-refractivity contribution in [1.29, 1.82) is 0 Å². The Kier molecular flexibility index (Phi) is 5.15. The van der Waals surface area contributed by atoms with Crippen LogP contribution >= 0.6 is 0 Å². The van der Waals surface area contributed by atoms with Crippen LogP contribution in [0.3, 0.4) is 0 Å². The van der Waals surface area contributed by atoms with Gasteiger partial charge in [0.1, 0.15) is 6.33 Å². The molecule has 6 nitrogen and oxygen atoms in total. The quantitative estimate of drug-likeness (QED) is 0.630. The molecule has 1 aromatic heterocycles. The second kappa shape index (κ2) is 7.26. The fourth-order valence-electron chi connectivity index (χ4n) is 2.51. The molecule has 150 valence electrons. The van der Waals surface area contributed by atoms with Crippen LogP contribution < -0.4 is 5.43 Å². The molecule has 0 aliphatic carbocycles. The fourth-order valence-corrected chi connectivity index (χ4v) is 2.51. The molecule has 1 saturated heterocycles. The van der Waals surface area contributed by atoms with E-state index in [2.05, 4.69) is 15.5 Å². The van der Waals surface area contributed by atoms with Crippen LogP contribution in [-0.2, 0) is 17.1 Å². The summed E-state index contributed by atoms with van der Waals surface area (Å²) in [6, 6.07) is 1.11. The largest absolute Gasteiger partial charge is 0.416 e. The van der Waals surface area contributed by atoms with Gasteiger partial charge in [0.05, 0.1) is 11.1 Å². The lowest BCUT2D eigenvalue weighted by atomic mass is 10.0. The van der Waals surface area contributed by atoms with Crippen molar-refractivity contribution in [3.05, 3.63) is 41.7 Å².